The van der Waals surface area contributed by atoms with Crippen molar-refractivity contribution in [2.45, 2.75) is 6.42 Å². The fourth-order valence-electron chi connectivity index (χ4n) is 1.35. The van der Waals surface area contributed by atoms with E-state index in [2.05, 4.69) is 15.9 Å². The molecule has 0 radical (unpaired) electrons. The predicted octanol–water partition coefficient (Wildman–Crippen LogP) is 1.96. The molecule has 2 nitrogen and oxygen atoms in total. The largest absolute Gasteiger partial charge is 0.550 e. The van der Waals surface area contributed by atoms with Crippen LogP contribution in [-0.4, -0.2) is 5.97 Å². The van der Waals surface area contributed by atoms with Crippen molar-refractivity contribution in [2.24, 2.45) is 0 Å². The third-order valence-corrected chi connectivity index (χ3v) is 3.46. The van der Waals surface area contributed by atoms with Gasteiger partial charge in [0.2, 0.25) is 0 Å². The van der Waals surface area contributed by atoms with Gasteiger partial charge in [0.25, 0.3) is 0 Å². The monoisotopic (exact) mass is 269 g/mol. The van der Waals surface area contributed by atoms with E-state index in [-0.39, 0.29) is 6.42 Å². The zero-order chi connectivity index (χ0) is 10.1. The molecule has 14 heavy (non-hydrogen) atoms. The lowest BCUT2D eigenvalue weighted by molar-refractivity contribution is -0.304. The number of aliphatic carboxylic acids is 1. The van der Waals surface area contributed by atoms with Crippen LogP contribution in [0.2, 0.25) is 0 Å². The third kappa shape index (κ3) is 1.81. The molecule has 0 spiro atoms. The highest BCUT2D eigenvalue weighted by atomic mass is 79.9. The van der Waals surface area contributed by atoms with Gasteiger partial charge in [-0.05, 0) is 34.5 Å². The topological polar surface area (TPSA) is 40.1 Å². The van der Waals surface area contributed by atoms with Crippen LogP contribution < -0.4 is 5.11 Å². The number of carboxylic acids is 1. The van der Waals surface area contributed by atoms with Crippen LogP contribution >= 0.6 is 27.3 Å². The Labute approximate surface area is 93.3 Å². The quantitative estimate of drug-likeness (QED) is 0.836. The van der Waals surface area contributed by atoms with Gasteiger partial charge in [0.1, 0.15) is 0 Å². The van der Waals surface area contributed by atoms with Gasteiger partial charge in [-0.15, -0.1) is 11.3 Å². The highest BCUT2D eigenvalue weighted by Crippen LogP contribution is 2.28. The smallest absolute Gasteiger partial charge is 0.0458 e. The van der Waals surface area contributed by atoms with Crippen molar-refractivity contribution < 1.29 is 9.90 Å². The number of hydrogen-bond acceptors (Lipinski definition) is 3. The van der Waals surface area contributed by atoms with Crippen LogP contribution in [0, 0.1) is 0 Å². The lowest BCUT2D eigenvalue weighted by Crippen LogP contribution is -2.24. The Morgan fingerprint density at radius 3 is 3.00 bits per heavy atom. The van der Waals surface area contributed by atoms with E-state index in [9.17, 15) is 9.90 Å². The predicted molar refractivity (Wildman–Crippen MR) is 58.2 cm³/mol. The number of carbonyl (C=O) groups is 1. The minimum Gasteiger partial charge on any atom is -0.550 e. The number of carbonyl (C=O) groups excluding carboxylic acids is 1. The molecule has 2 aromatic rings. The van der Waals surface area contributed by atoms with Crippen LogP contribution in [0.1, 0.15) is 5.56 Å². The van der Waals surface area contributed by atoms with E-state index in [1.165, 1.54) is 0 Å². The molecule has 1 heterocycles. The molecule has 2 rings (SSSR count). The summed E-state index contributed by atoms with van der Waals surface area (Å²) in [5.74, 6) is -1.04. The van der Waals surface area contributed by atoms with Crippen molar-refractivity contribution in [3.8, 4) is 0 Å². The summed E-state index contributed by atoms with van der Waals surface area (Å²) in [7, 11) is 0. The molecule has 1 aromatic heterocycles. The van der Waals surface area contributed by atoms with Crippen molar-refractivity contribution in [3.05, 3.63) is 33.6 Å². The normalized spacial score (nSPS) is 10.6. The van der Waals surface area contributed by atoms with E-state index in [1.807, 2.05) is 23.6 Å². The molecule has 72 valence electrons. The maximum Gasteiger partial charge on any atom is 0.0458 e. The first-order valence-electron chi connectivity index (χ1n) is 4.02. The van der Waals surface area contributed by atoms with Crippen LogP contribution in [-0.2, 0) is 11.2 Å². The number of halogens is 1. The van der Waals surface area contributed by atoms with Gasteiger partial charge in [-0.2, -0.15) is 0 Å². The first kappa shape index (κ1) is 9.68. The highest BCUT2D eigenvalue weighted by Gasteiger charge is 2.04. The molecule has 0 aliphatic carbocycles. The summed E-state index contributed by atoms with van der Waals surface area (Å²) in [6.45, 7) is 0. The van der Waals surface area contributed by atoms with Crippen molar-refractivity contribution in [3.63, 3.8) is 0 Å². The van der Waals surface area contributed by atoms with E-state index in [1.54, 1.807) is 11.3 Å². The van der Waals surface area contributed by atoms with Gasteiger partial charge < -0.3 is 9.90 Å². The van der Waals surface area contributed by atoms with E-state index in [0.29, 0.717) is 0 Å². The molecule has 0 atom stereocenters. The summed E-state index contributed by atoms with van der Waals surface area (Å²) in [6.07, 6.45) is -0.0174. The van der Waals surface area contributed by atoms with Crippen molar-refractivity contribution in [1.29, 1.82) is 0 Å². The number of thiophene rings is 1. The fourth-order valence-corrected chi connectivity index (χ4v) is 2.65. The van der Waals surface area contributed by atoms with Crippen LogP contribution in [0.25, 0.3) is 10.1 Å². The summed E-state index contributed by atoms with van der Waals surface area (Å²) in [5, 5.41) is 13.3. The minimum atomic E-state index is -1.04. The molecule has 0 amide bonds. The molecule has 0 fully saturated rings. The molecule has 0 aliphatic rings. The first-order valence-corrected chi connectivity index (χ1v) is 5.69. The standard InChI is InChI=1S/C10H7BrO2S/c11-7-1-2-9-8(4-7)6(5-14-9)3-10(12)13/h1-2,4-5H,3H2,(H,12,13)/p-1. The molecular formula is C10H6BrO2S-. The van der Waals surface area contributed by atoms with Crippen molar-refractivity contribution in [2.75, 3.05) is 0 Å². The molecule has 0 bridgehead atoms. The Morgan fingerprint density at radius 1 is 1.50 bits per heavy atom. The SMILES string of the molecule is O=C([O-])Cc1csc2ccc(Br)cc12. The Hall–Kier alpha value is -0.870. The molecule has 0 aliphatic heterocycles. The van der Waals surface area contributed by atoms with Crippen LogP contribution in [0.5, 0.6) is 0 Å². The van der Waals surface area contributed by atoms with Crippen LogP contribution in [0.4, 0.5) is 0 Å². The molecule has 4 heteroatoms. The van der Waals surface area contributed by atoms with Gasteiger partial charge in [0.05, 0.1) is 0 Å². The number of carboxylic acid groups (broad SMARTS) is 1. The van der Waals surface area contributed by atoms with Gasteiger partial charge in [0.15, 0.2) is 0 Å². The van der Waals surface area contributed by atoms with E-state index in [4.69, 9.17) is 0 Å². The average molecular weight is 270 g/mol. The average Bonchev–Trinajstić information content (AvgIpc) is 2.47. The number of benzene rings is 1. The second kappa shape index (κ2) is 3.71. The first-order chi connectivity index (χ1) is 6.66. The van der Waals surface area contributed by atoms with Crippen LogP contribution in [0.15, 0.2) is 28.1 Å². The summed E-state index contributed by atoms with van der Waals surface area (Å²) in [6, 6.07) is 5.86. The zero-order valence-corrected chi connectivity index (χ0v) is 9.52. The van der Waals surface area contributed by atoms with Crippen LogP contribution in [0.3, 0.4) is 0 Å². The molecule has 0 saturated heterocycles. The second-order valence-corrected chi connectivity index (χ2v) is 4.78. The summed E-state index contributed by atoms with van der Waals surface area (Å²) in [5.41, 5.74) is 0.825. The Balaban J connectivity index is 2.55. The Morgan fingerprint density at radius 2 is 2.29 bits per heavy atom. The second-order valence-electron chi connectivity index (χ2n) is 2.95. The maximum absolute atomic E-state index is 10.5. The Bertz CT molecular complexity index is 490. The zero-order valence-electron chi connectivity index (χ0n) is 7.12. The maximum atomic E-state index is 10.5. The molecule has 0 saturated carbocycles. The lowest BCUT2D eigenvalue weighted by atomic mass is 10.1. The van der Waals surface area contributed by atoms with E-state index in [0.717, 1.165) is 20.1 Å². The summed E-state index contributed by atoms with van der Waals surface area (Å²) < 4.78 is 2.06. The Kier molecular flexibility index (Phi) is 2.56. The molecule has 0 N–H and O–H groups in total. The van der Waals surface area contributed by atoms with Gasteiger partial charge in [0, 0.05) is 21.6 Å². The van der Waals surface area contributed by atoms with Gasteiger partial charge in [-0.25, -0.2) is 0 Å². The van der Waals surface area contributed by atoms with Crippen molar-refractivity contribution in [1.82, 2.24) is 0 Å². The lowest BCUT2D eigenvalue weighted by Gasteiger charge is -2.00. The van der Waals surface area contributed by atoms with Gasteiger partial charge >= 0.3 is 0 Å². The van der Waals surface area contributed by atoms with E-state index < -0.39 is 5.97 Å². The molecule has 1 aromatic carbocycles. The summed E-state index contributed by atoms with van der Waals surface area (Å²) in [4.78, 5) is 10.5. The number of rotatable bonds is 2. The fraction of sp³-hybridized carbons (Fsp3) is 0.100. The van der Waals surface area contributed by atoms with Crippen molar-refractivity contribution >= 4 is 43.3 Å². The minimum absolute atomic E-state index is 0.0174. The number of hydrogen-bond donors (Lipinski definition) is 0. The molecule has 0 unspecified atom stereocenters. The third-order valence-electron chi connectivity index (χ3n) is 1.95. The molecular weight excluding hydrogens is 264 g/mol. The van der Waals surface area contributed by atoms with E-state index >= 15 is 0 Å². The summed E-state index contributed by atoms with van der Waals surface area (Å²) >= 11 is 4.91. The number of fused-ring (bicyclic) bond motifs is 1. The van der Waals surface area contributed by atoms with Gasteiger partial charge in [-0.1, -0.05) is 15.9 Å². The van der Waals surface area contributed by atoms with Gasteiger partial charge in [-0.3, -0.25) is 0 Å². The highest BCUT2D eigenvalue weighted by molar-refractivity contribution is 9.10.